The fourth-order valence-electron chi connectivity index (χ4n) is 2.76. The SMILES string of the molecule is CN(C)CC/C=C1\c2ccccc2COc2c(Br)cccc21. The lowest BCUT2D eigenvalue weighted by Crippen LogP contribution is -2.12. The zero-order valence-corrected chi connectivity index (χ0v) is 14.6. The Bertz CT molecular complexity index is 706. The lowest BCUT2D eigenvalue weighted by molar-refractivity contribution is 0.305. The summed E-state index contributed by atoms with van der Waals surface area (Å²) >= 11 is 3.62. The zero-order chi connectivity index (χ0) is 15.5. The largest absolute Gasteiger partial charge is 0.487 e. The Hall–Kier alpha value is -1.58. The molecular weight excluding hydrogens is 338 g/mol. The van der Waals surface area contributed by atoms with Crippen LogP contribution in [0.25, 0.3) is 5.57 Å². The summed E-state index contributed by atoms with van der Waals surface area (Å²) in [6.45, 7) is 1.65. The molecule has 1 aliphatic rings. The van der Waals surface area contributed by atoms with Crippen LogP contribution in [-0.2, 0) is 6.61 Å². The molecule has 0 saturated heterocycles. The van der Waals surface area contributed by atoms with Gasteiger partial charge in [0.25, 0.3) is 0 Å². The molecule has 2 aromatic carbocycles. The Kier molecular flexibility index (Phi) is 4.65. The van der Waals surface area contributed by atoms with Gasteiger partial charge in [0, 0.05) is 12.1 Å². The van der Waals surface area contributed by atoms with Crippen LogP contribution in [0.5, 0.6) is 5.75 Å². The van der Waals surface area contributed by atoms with Crippen LogP contribution in [0, 0.1) is 0 Å². The molecular formula is C19H20BrNO. The van der Waals surface area contributed by atoms with E-state index in [1.165, 1.54) is 16.7 Å². The fourth-order valence-corrected chi connectivity index (χ4v) is 3.24. The number of fused-ring (bicyclic) bond motifs is 2. The number of benzene rings is 2. The summed E-state index contributed by atoms with van der Waals surface area (Å²) < 4.78 is 7.08. The Balaban J connectivity index is 2.11. The predicted octanol–water partition coefficient (Wildman–Crippen LogP) is 4.72. The molecule has 0 saturated carbocycles. The van der Waals surface area contributed by atoms with Crippen molar-refractivity contribution in [2.45, 2.75) is 13.0 Å². The van der Waals surface area contributed by atoms with Gasteiger partial charge in [-0.15, -0.1) is 0 Å². The third-order valence-corrected chi connectivity index (χ3v) is 4.49. The van der Waals surface area contributed by atoms with E-state index in [1.807, 2.05) is 6.07 Å². The average molecular weight is 358 g/mol. The molecule has 0 atom stereocenters. The lowest BCUT2D eigenvalue weighted by Gasteiger charge is -2.13. The minimum atomic E-state index is 0.608. The molecule has 1 heterocycles. The molecule has 114 valence electrons. The van der Waals surface area contributed by atoms with E-state index < -0.39 is 0 Å². The molecule has 0 aromatic heterocycles. The van der Waals surface area contributed by atoms with Crippen LogP contribution in [0.2, 0.25) is 0 Å². The molecule has 22 heavy (non-hydrogen) atoms. The number of hydrogen-bond acceptors (Lipinski definition) is 2. The van der Waals surface area contributed by atoms with Gasteiger partial charge in [-0.1, -0.05) is 42.5 Å². The van der Waals surface area contributed by atoms with Gasteiger partial charge in [-0.25, -0.2) is 0 Å². The highest BCUT2D eigenvalue weighted by atomic mass is 79.9. The van der Waals surface area contributed by atoms with Gasteiger partial charge in [0.2, 0.25) is 0 Å². The highest BCUT2D eigenvalue weighted by Crippen LogP contribution is 2.40. The minimum absolute atomic E-state index is 0.608. The molecule has 3 rings (SSSR count). The van der Waals surface area contributed by atoms with Gasteiger partial charge in [0.05, 0.1) is 4.47 Å². The van der Waals surface area contributed by atoms with Crippen molar-refractivity contribution in [3.63, 3.8) is 0 Å². The molecule has 2 aromatic rings. The molecule has 0 bridgehead atoms. The summed E-state index contributed by atoms with van der Waals surface area (Å²) in [7, 11) is 4.21. The molecule has 0 unspecified atom stereocenters. The van der Waals surface area contributed by atoms with Gasteiger partial charge >= 0.3 is 0 Å². The Morgan fingerprint density at radius 3 is 2.68 bits per heavy atom. The number of para-hydroxylation sites is 1. The van der Waals surface area contributed by atoms with E-state index in [2.05, 4.69) is 77.4 Å². The summed E-state index contributed by atoms with van der Waals surface area (Å²) in [5.74, 6) is 0.940. The fraction of sp³-hybridized carbons (Fsp3) is 0.263. The quantitative estimate of drug-likeness (QED) is 0.787. The maximum atomic E-state index is 6.07. The molecule has 0 aliphatic carbocycles. The van der Waals surface area contributed by atoms with Crippen LogP contribution in [0.1, 0.15) is 23.1 Å². The van der Waals surface area contributed by atoms with Gasteiger partial charge in [-0.2, -0.15) is 0 Å². The molecule has 0 N–H and O–H groups in total. The van der Waals surface area contributed by atoms with E-state index in [-0.39, 0.29) is 0 Å². The van der Waals surface area contributed by atoms with Crippen LogP contribution in [0.4, 0.5) is 0 Å². The van der Waals surface area contributed by atoms with Crippen LogP contribution in [0.3, 0.4) is 0 Å². The number of nitrogens with zero attached hydrogens (tertiary/aromatic N) is 1. The van der Waals surface area contributed by atoms with Crippen LogP contribution < -0.4 is 4.74 Å². The van der Waals surface area contributed by atoms with Crippen molar-refractivity contribution in [3.05, 3.63) is 69.7 Å². The molecule has 1 aliphatic heterocycles. The summed E-state index contributed by atoms with van der Waals surface area (Å²) in [5.41, 5.74) is 4.95. The third-order valence-electron chi connectivity index (χ3n) is 3.86. The first-order valence-corrected chi connectivity index (χ1v) is 8.31. The average Bonchev–Trinajstić information content (AvgIpc) is 2.66. The van der Waals surface area contributed by atoms with E-state index in [4.69, 9.17) is 4.74 Å². The summed E-state index contributed by atoms with van der Waals surface area (Å²) in [4.78, 5) is 2.21. The Morgan fingerprint density at radius 2 is 1.86 bits per heavy atom. The smallest absolute Gasteiger partial charge is 0.141 e. The third kappa shape index (κ3) is 3.11. The summed E-state index contributed by atoms with van der Waals surface area (Å²) in [5, 5.41) is 0. The van der Waals surface area contributed by atoms with E-state index in [1.54, 1.807) is 0 Å². The summed E-state index contributed by atoms with van der Waals surface area (Å²) in [6, 6.07) is 14.8. The molecule has 3 heteroatoms. The number of hydrogen-bond donors (Lipinski definition) is 0. The topological polar surface area (TPSA) is 12.5 Å². The van der Waals surface area contributed by atoms with Crippen molar-refractivity contribution in [1.82, 2.24) is 4.90 Å². The standard InChI is InChI=1S/C19H20BrNO/c1-21(2)12-6-10-16-15-8-4-3-7-14(15)13-22-19-17(16)9-5-11-18(19)20/h3-5,7-11H,6,12-13H2,1-2H3/b16-10+. The second-order valence-electron chi connectivity index (χ2n) is 5.77. The van der Waals surface area contributed by atoms with Crippen LogP contribution >= 0.6 is 15.9 Å². The van der Waals surface area contributed by atoms with Crippen molar-refractivity contribution < 1.29 is 4.74 Å². The Morgan fingerprint density at radius 1 is 1.09 bits per heavy atom. The van der Waals surface area contributed by atoms with Gasteiger partial charge in [-0.3, -0.25) is 0 Å². The van der Waals surface area contributed by atoms with Gasteiger partial charge in [0.15, 0.2) is 0 Å². The predicted molar refractivity (Wildman–Crippen MR) is 95.2 cm³/mol. The van der Waals surface area contributed by atoms with E-state index >= 15 is 0 Å². The maximum Gasteiger partial charge on any atom is 0.141 e. The number of ether oxygens (including phenoxy) is 1. The first-order valence-electron chi connectivity index (χ1n) is 7.51. The molecule has 0 amide bonds. The maximum absolute atomic E-state index is 6.07. The molecule has 0 radical (unpaired) electrons. The van der Waals surface area contributed by atoms with Crippen molar-refractivity contribution in [3.8, 4) is 5.75 Å². The van der Waals surface area contributed by atoms with Gasteiger partial charge in [0.1, 0.15) is 12.4 Å². The van der Waals surface area contributed by atoms with Crippen molar-refractivity contribution in [1.29, 1.82) is 0 Å². The molecule has 2 nitrogen and oxygen atoms in total. The first kappa shape index (κ1) is 15.3. The van der Waals surface area contributed by atoms with Crippen molar-refractivity contribution in [2.75, 3.05) is 20.6 Å². The van der Waals surface area contributed by atoms with E-state index in [0.29, 0.717) is 6.61 Å². The highest BCUT2D eigenvalue weighted by Gasteiger charge is 2.20. The van der Waals surface area contributed by atoms with Crippen LogP contribution in [-0.4, -0.2) is 25.5 Å². The Labute approximate surface area is 140 Å². The summed E-state index contributed by atoms with van der Waals surface area (Å²) in [6.07, 6.45) is 3.35. The van der Waals surface area contributed by atoms with Crippen molar-refractivity contribution >= 4 is 21.5 Å². The number of halogens is 1. The van der Waals surface area contributed by atoms with E-state index in [9.17, 15) is 0 Å². The number of rotatable bonds is 3. The zero-order valence-electron chi connectivity index (χ0n) is 13.0. The highest BCUT2D eigenvalue weighted by molar-refractivity contribution is 9.10. The van der Waals surface area contributed by atoms with E-state index in [0.717, 1.165) is 28.8 Å². The van der Waals surface area contributed by atoms with Gasteiger partial charge < -0.3 is 9.64 Å². The first-order chi connectivity index (χ1) is 10.7. The van der Waals surface area contributed by atoms with Crippen LogP contribution in [0.15, 0.2) is 53.0 Å². The second-order valence-corrected chi connectivity index (χ2v) is 6.63. The second kappa shape index (κ2) is 6.67. The molecule has 0 spiro atoms. The molecule has 0 fully saturated rings. The minimum Gasteiger partial charge on any atom is -0.487 e. The normalized spacial score (nSPS) is 15.2. The van der Waals surface area contributed by atoms with Gasteiger partial charge in [-0.05, 0) is 59.2 Å². The lowest BCUT2D eigenvalue weighted by atomic mass is 9.93. The monoisotopic (exact) mass is 357 g/mol. The van der Waals surface area contributed by atoms with Crippen molar-refractivity contribution in [2.24, 2.45) is 0 Å².